The fraction of sp³-hybridized carbons (Fsp3) is 0.455. The van der Waals surface area contributed by atoms with Crippen molar-refractivity contribution in [1.82, 2.24) is 9.88 Å². The molecule has 1 saturated heterocycles. The Morgan fingerprint density at radius 3 is 2.59 bits per heavy atom. The van der Waals surface area contributed by atoms with Crippen LogP contribution in [0.1, 0.15) is 24.3 Å². The third-order valence-corrected chi connectivity index (χ3v) is 3.21. The molecule has 0 spiro atoms. The largest absolute Gasteiger partial charge is 0.465 e. The molecule has 0 radical (unpaired) electrons. The van der Waals surface area contributed by atoms with Crippen LogP contribution in [0.4, 0.5) is 16.3 Å². The van der Waals surface area contributed by atoms with Gasteiger partial charge in [-0.05, 0) is 30.4 Å². The summed E-state index contributed by atoms with van der Waals surface area (Å²) in [4.78, 5) is 16.2. The second kappa shape index (κ2) is 4.48. The van der Waals surface area contributed by atoms with E-state index in [2.05, 4.69) is 4.98 Å². The number of nitrogens with two attached hydrogens (primary N) is 2. The molecule has 1 aliphatic rings. The summed E-state index contributed by atoms with van der Waals surface area (Å²) in [6.45, 7) is 1.12. The van der Waals surface area contributed by atoms with E-state index in [0.29, 0.717) is 30.5 Å². The molecule has 0 unspecified atom stereocenters. The number of hydrogen-bond acceptors (Lipinski definition) is 4. The zero-order valence-electron chi connectivity index (χ0n) is 9.47. The number of rotatable bonds is 1. The molecule has 0 bridgehead atoms. The minimum atomic E-state index is -0.849. The summed E-state index contributed by atoms with van der Waals surface area (Å²) in [6, 6.07) is 1.84. The first-order chi connectivity index (χ1) is 8.08. The minimum Gasteiger partial charge on any atom is -0.465 e. The summed E-state index contributed by atoms with van der Waals surface area (Å²) in [6.07, 6.45) is 2.49. The molecule has 0 aromatic carbocycles. The summed E-state index contributed by atoms with van der Waals surface area (Å²) in [5, 5.41) is 8.85. The highest BCUT2D eigenvalue weighted by Crippen LogP contribution is 2.29. The van der Waals surface area contributed by atoms with E-state index >= 15 is 0 Å². The van der Waals surface area contributed by atoms with Crippen molar-refractivity contribution >= 4 is 17.6 Å². The van der Waals surface area contributed by atoms with Crippen LogP contribution in [0.2, 0.25) is 0 Å². The van der Waals surface area contributed by atoms with E-state index in [9.17, 15) is 4.79 Å². The number of aromatic nitrogens is 1. The van der Waals surface area contributed by atoms with Crippen LogP contribution >= 0.6 is 0 Å². The predicted molar refractivity (Wildman–Crippen MR) is 64.6 cm³/mol. The molecule has 1 aliphatic heterocycles. The molecular weight excluding hydrogens is 220 g/mol. The van der Waals surface area contributed by atoms with Crippen LogP contribution in [0.15, 0.2) is 12.3 Å². The molecule has 1 aromatic rings. The SMILES string of the molecule is Nc1cc(C2CCN(C(=O)O)CC2)cnc1N. The van der Waals surface area contributed by atoms with Gasteiger partial charge in [0.25, 0.3) is 0 Å². The van der Waals surface area contributed by atoms with Gasteiger partial charge in [-0.15, -0.1) is 0 Å². The van der Waals surface area contributed by atoms with Gasteiger partial charge in [-0.2, -0.15) is 0 Å². The number of nitrogens with zero attached hydrogens (tertiary/aromatic N) is 2. The summed E-state index contributed by atoms with van der Waals surface area (Å²) in [7, 11) is 0. The van der Waals surface area contributed by atoms with Crippen molar-refractivity contribution in [3.05, 3.63) is 17.8 Å². The highest BCUT2D eigenvalue weighted by Gasteiger charge is 2.23. The number of anilines is 2. The second-order valence-electron chi connectivity index (χ2n) is 4.29. The molecule has 17 heavy (non-hydrogen) atoms. The third-order valence-electron chi connectivity index (χ3n) is 3.21. The second-order valence-corrected chi connectivity index (χ2v) is 4.29. The zero-order valence-corrected chi connectivity index (χ0v) is 9.47. The average Bonchev–Trinajstić information content (AvgIpc) is 2.33. The Hall–Kier alpha value is -1.98. The van der Waals surface area contributed by atoms with Gasteiger partial charge in [-0.3, -0.25) is 0 Å². The lowest BCUT2D eigenvalue weighted by molar-refractivity contribution is 0.132. The van der Waals surface area contributed by atoms with E-state index in [1.54, 1.807) is 6.20 Å². The molecule has 1 aromatic heterocycles. The van der Waals surface area contributed by atoms with Crippen molar-refractivity contribution < 1.29 is 9.90 Å². The smallest absolute Gasteiger partial charge is 0.407 e. The topological polar surface area (TPSA) is 105 Å². The normalized spacial score (nSPS) is 17.1. The third kappa shape index (κ3) is 2.41. The van der Waals surface area contributed by atoms with Crippen LogP contribution in [-0.2, 0) is 0 Å². The van der Waals surface area contributed by atoms with Crippen LogP contribution in [-0.4, -0.2) is 34.2 Å². The van der Waals surface area contributed by atoms with Crippen molar-refractivity contribution in [2.75, 3.05) is 24.6 Å². The molecule has 2 rings (SSSR count). The standard InChI is InChI=1S/C11H16N4O2/c12-9-5-8(6-14-10(9)13)7-1-3-15(4-2-7)11(16)17/h5-7H,1-4,12H2,(H2,13,14)(H,16,17). The average molecular weight is 236 g/mol. The first-order valence-corrected chi connectivity index (χ1v) is 5.56. The molecule has 0 saturated carbocycles. The van der Waals surface area contributed by atoms with Gasteiger partial charge in [0, 0.05) is 19.3 Å². The Kier molecular flexibility index (Phi) is 3.03. The molecule has 5 N–H and O–H groups in total. The number of carboxylic acid groups (broad SMARTS) is 1. The molecule has 0 aliphatic carbocycles. The summed E-state index contributed by atoms with van der Waals surface area (Å²) in [5.74, 6) is 0.665. The number of nitrogen functional groups attached to an aromatic ring is 2. The molecule has 6 nitrogen and oxygen atoms in total. The highest BCUT2D eigenvalue weighted by atomic mass is 16.4. The fourth-order valence-electron chi connectivity index (χ4n) is 2.14. The molecule has 92 valence electrons. The Balaban J connectivity index is 2.05. The van der Waals surface area contributed by atoms with Crippen molar-refractivity contribution in [3.63, 3.8) is 0 Å². The van der Waals surface area contributed by atoms with E-state index in [0.717, 1.165) is 18.4 Å². The monoisotopic (exact) mass is 236 g/mol. The van der Waals surface area contributed by atoms with Crippen molar-refractivity contribution in [2.45, 2.75) is 18.8 Å². The van der Waals surface area contributed by atoms with E-state index in [-0.39, 0.29) is 0 Å². The maximum absolute atomic E-state index is 10.8. The maximum atomic E-state index is 10.8. The van der Waals surface area contributed by atoms with Crippen molar-refractivity contribution in [2.24, 2.45) is 0 Å². The van der Waals surface area contributed by atoms with E-state index < -0.39 is 6.09 Å². The number of likely N-dealkylation sites (tertiary alicyclic amines) is 1. The number of carbonyl (C=O) groups is 1. The van der Waals surface area contributed by atoms with Crippen molar-refractivity contribution in [3.8, 4) is 0 Å². The Morgan fingerprint density at radius 2 is 2.06 bits per heavy atom. The minimum absolute atomic E-state index is 0.320. The highest BCUT2D eigenvalue weighted by molar-refractivity contribution is 5.65. The van der Waals surface area contributed by atoms with Gasteiger partial charge in [0.2, 0.25) is 0 Å². The van der Waals surface area contributed by atoms with Gasteiger partial charge < -0.3 is 21.5 Å². The van der Waals surface area contributed by atoms with Crippen LogP contribution in [0.25, 0.3) is 0 Å². The Bertz CT molecular complexity index is 427. The van der Waals surface area contributed by atoms with Gasteiger partial charge in [0.05, 0.1) is 5.69 Å². The summed E-state index contributed by atoms with van der Waals surface area (Å²) >= 11 is 0. The number of hydrogen-bond donors (Lipinski definition) is 3. The van der Waals surface area contributed by atoms with Crippen molar-refractivity contribution in [1.29, 1.82) is 0 Å². The molecule has 1 fully saturated rings. The first kappa shape index (κ1) is 11.5. The van der Waals surface area contributed by atoms with Gasteiger partial charge in [-0.1, -0.05) is 0 Å². The molecule has 0 atom stereocenters. The predicted octanol–water partition coefficient (Wildman–Crippen LogP) is 1.10. The lowest BCUT2D eigenvalue weighted by Crippen LogP contribution is -2.36. The summed E-state index contributed by atoms with van der Waals surface area (Å²) in [5.41, 5.74) is 12.8. The van der Waals surface area contributed by atoms with Crippen LogP contribution < -0.4 is 11.5 Å². The van der Waals surface area contributed by atoms with Gasteiger partial charge in [0.1, 0.15) is 5.82 Å². The van der Waals surface area contributed by atoms with Crippen LogP contribution in [0.5, 0.6) is 0 Å². The van der Waals surface area contributed by atoms with E-state index in [1.165, 1.54) is 4.90 Å². The van der Waals surface area contributed by atoms with Gasteiger partial charge in [-0.25, -0.2) is 9.78 Å². The number of piperidine rings is 1. The molecule has 2 heterocycles. The van der Waals surface area contributed by atoms with Crippen LogP contribution in [0, 0.1) is 0 Å². The molecule has 6 heteroatoms. The quantitative estimate of drug-likeness (QED) is 0.677. The number of pyridine rings is 1. The number of amides is 1. The first-order valence-electron chi connectivity index (χ1n) is 5.56. The lowest BCUT2D eigenvalue weighted by atomic mass is 9.90. The fourth-order valence-corrected chi connectivity index (χ4v) is 2.14. The molecule has 1 amide bonds. The Morgan fingerprint density at radius 1 is 1.41 bits per heavy atom. The van der Waals surface area contributed by atoms with E-state index in [1.807, 2.05) is 6.07 Å². The van der Waals surface area contributed by atoms with Gasteiger partial charge in [0.15, 0.2) is 0 Å². The van der Waals surface area contributed by atoms with Gasteiger partial charge >= 0.3 is 6.09 Å². The maximum Gasteiger partial charge on any atom is 0.407 e. The van der Waals surface area contributed by atoms with E-state index in [4.69, 9.17) is 16.6 Å². The van der Waals surface area contributed by atoms with Crippen LogP contribution in [0.3, 0.4) is 0 Å². The molecular formula is C11H16N4O2. The zero-order chi connectivity index (χ0) is 12.4. The Labute approximate surface area is 99.2 Å². The summed E-state index contributed by atoms with van der Waals surface area (Å²) < 4.78 is 0. The lowest BCUT2D eigenvalue weighted by Gasteiger charge is -2.30.